The van der Waals surface area contributed by atoms with Crippen LogP contribution in [-0.2, 0) is 19.1 Å². The van der Waals surface area contributed by atoms with Crippen molar-refractivity contribution < 1.29 is 44.6 Å². The third kappa shape index (κ3) is 5.05. The zero-order chi connectivity index (χ0) is 28.3. The van der Waals surface area contributed by atoms with E-state index in [9.17, 15) is 35.1 Å². The summed E-state index contributed by atoms with van der Waals surface area (Å²) in [5, 5.41) is 52.9. The molecule has 0 radical (unpaired) electrons. The monoisotopic (exact) mass is 550 g/mol. The molecule has 0 aromatic rings. The van der Waals surface area contributed by atoms with Crippen molar-refractivity contribution >= 4 is 11.9 Å². The van der Waals surface area contributed by atoms with E-state index in [4.69, 9.17) is 9.47 Å². The van der Waals surface area contributed by atoms with Gasteiger partial charge < -0.3 is 44.6 Å². The molecule has 39 heavy (non-hydrogen) atoms. The van der Waals surface area contributed by atoms with Crippen molar-refractivity contribution in [1.29, 1.82) is 0 Å². The maximum Gasteiger partial charge on any atom is 0.187 e. The van der Waals surface area contributed by atoms with E-state index in [-0.39, 0.29) is 23.4 Å². The number of aliphatic carboxylic acids is 2. The first-order valence-corrected chi connectivity index (χ1v) is 15.1. The van der Waals surface area contributed by atoms with Gasteiger partial charge >= 0.3 is 0 Å². The fourth-order valence-corrected chi connectivity index (χ4v) is 10.2. The number of carboxylic acids is 2. The van der Waals surface area contributed by atoms with E-state index < -0.39 is 42.6 Å². The molecule has 5 rings (SSSR count). The summed E-state index contributed by atoms with van der Waals surface area (Å²) in [7, 11) is 0. The molecule has 14 atom stereocenters. The van der Waals surface area contributed by atoms with Crippen LogP contribution in [0.2, 0.25) is 0 Å². The molecule has 0 bridgehead atoms. The molecule has 9 heteroatoms. The second-order valence-electron chi connectivity index (χ2n) is 14.0. The molecule has 1 aliphatic heterocycles. The lowest BCUT2D eigenvalue weighted by Gasteiger charge is -2.61. The number of carbonyl (C=O) groups excluding carboxylic acids is 2. The van der Waals surface area contributed by atoms with Crippen LogP contribution >= 0.6 is 0 Å². The number of carbonyl (C=O) groups is 2. The third-order valence-electron chi connectivity index (χ3n) is 12.3. The number of fused-ring (bicyclic) bond motifs is 5. The number of carboxylic acid groups (broad SMARTS) is 2. The molecule has 1 heterocycles. The van der Waals surface area contributed by atoms with Crippen LogP contribution in [0, 0.1) is 46.3 Å². The standard InChI is InChI=1S/C30H48O9/c1-15(4-9-22(31)32)19-7-8-20-18-6-5-16-14-17(10-12-29(16,2)21(18)11-13-30(19,20)3)38-28-25(35)23(33)24(34)26(39-28)27(36)37/h15-21,23-26,28,33-35H,4-14H2,1-3H3,(H,31,32)(H,36,37)/p-2/t15-,16-,17-,18+,19-,20+,21+,23+,24+,25-,26+,28-,29+,30-/m1/s1. The Labute approximate surface area is 231 Å². The van der Waals surface area contributed by atoms with Gasteiger partial charge in [-0.05, 0) is 117 Å². The summed E-state index contributed by atoms with van der Waals surface area (Å²) >= 11 is 0. The molecule has 0 spiro atoms. The number of ether oxygens (including phenoxy) is 2. The normalized spacial score (nSPS) is 50.4. The number of aliphatic hydroxyl groups is 3. The summed E-state index contributed by atoms with van der Waals surface area (Å²) in [5.41, 5.74) is 0.462. The van der Waals surface area contributed by atoms with Crippen LogP contribution < -0.4 is 10.2 Å². The zero-order valence-electron chi connectivity index (χ0n) is 23.5. The van der Waals surface area contributed by atoms with Crippen molar-refractivity contribution in [1.82, 2.24) is 0 Å². The van der Waals surface area contributed by atoms with Crippen LogP contribution in [0.25, 0.3) is 0 Å². The van der Waals surface area contributed by atoms with E-state index in [1.54, 1.807) is 0 Å². The lowest BCUT2D eigenvalue weighted by atomic mass is 9.44. The summed E-state index contributed by atoms with van der Waals surface area (Å²) in [6.45, 7) is 7.15. The third-order valence-corrected chi connectivity index (χ3v) is 12.3. The predicted octanol–water partition coefficient (Wildman–Crippen LogP) is 0.754. The molecule has 1 saturated heterocycles. The van der Waals surface area contributed by atoms with Crippen molar-refractivity contribution in [2.45, 2.75) is 128 Å². The van der Waals surface area contributed by atoms with Crippen molar-refractivity contribution in [3.05, 3.63) is 0 Å². The Bertz CT molecular complexity index is 926. The summed E-state index contributed by atoms with van der Waals surface area (Å²) in [6.07, 6.45) is 2.15. The van der Waals surface area contributed by atoms with Crippen LogP contribution in [0.15, 0.2) is 0 Å². The average Bonchev–Trinajstić information content (AvgIpc) is 3.24. The Balaban J connectivity index is 1.23. The van der Waals surface area contributed by atoms with E-state index in [1.165, 1.54) is 32.1 Å². The van der Waals surface area contributed by atoms with E-state index in [0.29, 0.717) is 41.9 Å². The van der Waals surface area contributed by atoms with Crippen LogP contribution in [-0.4, -0.2) is 64.1 Å². The second kappa shape index (κ2) is 10.9. The number of hydrogen-bond donors (Lipinski definition) is 3. The highest BCUT2D eigenvalue weighted by Crippen LogP contribution is 2.68. The van der Waals surface area contributed by atoms with Gasteiger partial charge in [-0.3, -0.25) is 0 Å². The summed E-state index contributed by atoms with van der Waals surface area (Å²) in [5.74, 6) is 0.818. The molecule has 0 unspecified atom stereocenters. The van der Waals surface area contributed by atoms with Crippen molar-refractivity contribution in [2.24, 2.45) is 46.3 Å². The lowest BCUT2D eigenvalue weighted by molar-refractivity contribution is -0.354. The Morgan fingerprint density at radius 3 is 2.31 bits per heavy atom. The Morgan fingerprint density at radius 1 is 0.923 bits per heavy atom. The summed E-state index contributed by atoms with van der Waals surface area (Å²) in [6, 6.07) is 0. The van der Waals surface area contributed by atoms with E-state index in [0.717, 1.165) is 25.7 Å². The van der Waals surface area contributed by atoms with Gasteiger partial charge in [0.05, 0.1) is 12.1 Å². The van der Waals surface area contributed by atoms with Crippen LogP contribution in [0.1, 0.15) is 91.4 Å². The summed E-state index contributed by atoms with van der Waals surface area (Å²) < 4.78 is 11.4. The smallest absolute Gasteiger partial charge is 0.187 e. The van der Waals surface area contributed by atoms with E-state index in [1.807, 2.05) is 0 Å². The number of rotatable bonds is 7. The Hall–Kier alpha value is -1.26. The van der Waals surface area contributed by atoms with E-state index >= 15 is 0 Å². The largest absolute Gasteiger partial charge is 0.550 e. The second-order valence-corrected chi connectivity index (χ2v) is 14.0. The highest BCUT2D eigenvalue weighted by atomic mass is 16.7. The highest BCUT2D eigenvalue weighted by Gasteiger charge is 2.61. The molecule has 0 amide bonds. The zero-order valence-corrected chi connectivity index (χ0v) is 23.5. The van der Waals surface area contributed by atoms with Crippen LogP contribution in [0.5, 0.6) is 0 Å². The van der Waals surface area contributed by atoms with Gasteiger partial charge in [0.2, 0.25) is 0 Å². The van der Waals surface area contributed by atoms with Gasteiger partial charge in [0.1, 0.15) is 24.4 Å². The van der Waals surface area contributed by atoms with Crippen LogP contribution in [0.3, 0.4) is 0 Å². The molecule has 0 aromatic heterocycles. The Morgan fingerprint density at radius 2 is 1.62 bits per heavy atom. The topological polar surface area (TPSA) is 159 Å². The molecule has 3 N–H and O–H groups in total. The Kier molecular flexibility index (Phi) is 8.14. The average molecular weight is 551 g/mol. The summed E-state index contributed by atoms with van der Waals surface area (Å²) in [4.78, 5) is 22.4. The van der Waals surface area contributed by atoms with Gasteiger partial charge in [0, 0.05) is 5.97 Å². The number of aliphatic hydroxyl groups excluding tert-OH is 3. The minimum atomic E-state index is -1.78. The first-order valence-electron chi connectivity index (χ1n) is 15.1. The maximum atomic E-state index is 11.4. The molecule has 0 aromatic carbocycles. The molecule has 4 aliphatic carbocycles. The van der Waals surface area contributed by atoms with Gasteiger partial charge in [0.15, 0.2) is 6.29 Å². The van der Waals surface area contributed by atoms with Crippen molar-refractivity contribution in [2.75, 3.05) is 0 Å². The SMILES string of the molecule is C[C@H](CCC(=O)[O-])[C@H]1CC[C@H]2[C@@H]3CC[C@@H]4C[C@H](O[C@@H]5O[C@H](C(=O)[O-])[C@@H](O)[C@H](O)[C@H]5O)CC[C@]4(C)[C@H]3CC[C@]12C. The van der Waals surface area contributed by atoms with Gasteiger partial charge in [-0.1, -0.05) is 20.8 Å². The first-order chi connectivity index (χ1) is 18.4. The molecule has 5 aliphatic rings. The van der Waals surface area contributed by atoms with Crippen molar-refractivity contribution in [3.63, 3.8) is 0 Å². The number of hydrogen-bond acceptors (Lipinski definition) is 9. The van der Waals surface area contributed by atoms with Gasteiger partial charge in [-0.2, -0.15) is 0 Å². The minimum Gasteiger partial charge on any atom is -0.550 e. The molecule has 9 nitrogen and oxygen atoms in total. The predicted molar refractivity (Wildman–Crippen MR) is 135 cm³/mol. The van der Waals surface area contributed by atoms with Crippen LogP contribution in [0.4, 0.5) is 0 Å². The quantitative estimate of drug-likeness (QED) is 0.389. The molecule has 222 valence electrons. The van der Waals surface area contributed by atoms with Gasteiger partial charge in [-0.15, -0.1) is 0 Å². The molecule has 5 fully saturated rings. The fourth-order valence-electron chi connectivity index (χ4n) is 10.2. The molecule has 4 saturated carbocycles. The minimum absolute atomic E-state index is 0.143. The maximum absolute atomic E-state index is 11.4. The van der Waals surface area contributed by atoms with Crippen molar-refractivity contribution in [3.8, 4) is 0 Å². The highest BCUT2D eigenvalue weighted by molar-refractivity contribution is 5.71. The fraction of sp³-hybridized carbons (Fsp3) is 0.933. The molecular formula is C30H46O9-2. The molecular weight excluding hydrogens is 504 g/mol. The van der Waals surface area contributed by atoms with Gasteiger partial charge in [-0.25, -0.2) is 0 Å². The van der Waals surface area contributed by atoms with E-state index in [2.05, 4.69) is 20.8 Å². The first kappa shape index (κ1) is 29.2. The lowest BCUT2D eigenvalue weighted by Crippen LogP contribution is -2.63. The van der Waals surface area contributed by atoms with Gasteiger partial charge in [0.25, 0.3) is 0 Å².